The van der Waals surface area contributed by atoms with Crippen LogP contribution in [-0.4, -0.2) is 33.8 Å². The molecule has 0 radical (unpaired) electrons. The first kappa shape index (κ1) is 12.6. The molecule has 0 unspecified atom stereocenters. The Morgan fingerprint density at radius 1 is 1.35 bits per heavy atom. The van der Waals surface area contributed by atoms with E-state index in [9.17, 15) is 4.79 Å². The average molecular weight is 269 g/mol. The maximum absolute atomic E-state index is 12.2. The predicted molar refractivity (Wildman–Crippen MR) is 75.6 cm³/mol. The summed E-state index contributed by atoms with van der Waals surface area (Å²) in [5.41, 5.74) is 3.44. The highest BCUT2D eigenvalue weighted by molar-refractivity contribution is 6.05. The van der Waals surface area contributed by atoms with Gasteiger partial charge < -0.3 is 10.6 Å². The minimum Gasteiger partial charge on any atom is -0.320 e. The Labute approximate surface area is 116 Å². The number of hydrogen-bond donors (Lipinski definition) is 2. The molecule has 2 aromatic rings. The molecule has 0 aliphatic carbocycles. The van der Waals surface area contributed by atoms with Crippen LogP contribution in [0.2, 0.25) is 0 Å². The number of nitrogens with zero attached hydrogens (tertiary/aromatic N) is 3. The third-order valence-electron chi connectivity index (χ3n) is 3.37. The van der Waals surface area contributed by atoms with Gasteiger partial charge in [0.1, 0.15) is 12.7 Å². The van der Waals surface area contributed by atoms with Gasteiger partial charge in [-0.15, -0.1) is 0 Å². The molecule has 1 amide bonds. The number of aromatic nitrogens is 3. The van der Waals surface area contributed by atoms with Crippen molar-refractivity contribution in [2.45, 2.75) is 6.92 Å². The maximum atomic E-state index is 12.2. The summed E-state index contributed by atoms with van der Waals surface area (Å²) in [5, 5.41) is 10.2. The molecule has 0 spiro atoms. The molecule has 0 saturated carbocycles. The van der Waals surface area contributed by atoms with Gasteiger partial charge >= 0.3 is 0 Å². The van der Waals surface area contributed by atoms with E-state index < -0.39 is 0 Å². The highest BCUT2D eigenvalue weighted by Gasteiger charge is 2.17. The second kappa shape index (κ2) is 5.26. The zero-order valence-corrected chi connectivity index (χ0v) is 11.1. The van der Waals surface area contributed by atoms with Crippen molar-refractivity contribution in [1.29, 1.82) is 0 Å². The van der Waals surface area contributed by atoms with Crippen molar-refractivity contribution in [3.8, 4) is 5.69 Å². The lowest BCUT2D eigenvalue weighted by Crippen LogP contribution is -2.36. The van der Waals surface area contributed by atoms with E-state index in [0.29, 0.717) is 0 Å². The van der Waals surface area contributed by atoms with Crippen LogP contribution in [0.25, 0.3) is 5.69 Å². The molecule has 1 saturated heterocycles. The van der Waals surface area contributed by atoms with E-state index in [4.69, 9.17) is 0 Å². The Morgan fingerprint density at radius 2 is 2.15 bits per heavy atom. The molecule has 2 heterocycles. The molecule has 1 aliphatic heterocycles. The second-order valence-corrected chi connectivity index (χ2v) is 4.64. The van der Waals surface area contributed by atoms with Gasteiger partial charge in [-0.25, -0.2) is 9.67 Å². The first-order valence-corrected chi connectivity index (χ1v) is 6.40. The van der Waals surface area contributed by atoms with Crippen molar-refractivity contribution in [3.63, 3.8) is 0 Å². The molecule has 3 rings (SSSR count). The Kier molecular flexibility index (Phi) is 3.30. The summed E-state index contributed by atoms with van der Waals surface area (Å²) in [6.07, 6.45) is 3.07. The summed E-state index contributed by atoms with van der Waals surface area (Å²) in [6, 6.07) is 7.51. The normalized spacial score (nSPS) is 13.8. The van der Waals surface area contributed by atoms with Crippen LogP contribution in [-0.2, 0) is 4.79 Å². The molecule has 102 valence electrons. The van der Waals surface area contributed by atoms with Crippen LogP contribution in [0.1, 0.15) is 6.92 Å². The molecule has 6 nitrogen and oxygen atoms in total. The number of para-hydroxylation sites is 2. The van der Waals surface area contributed by atoms with Crippen molar-refractivity contribution >= 4 is 11.6 Å². The fourth-order valence-electron chi connectivity index (χ4n) is 2.00. The fourth-order valence-corrected chi connectivity index (χ4v) is 2.00. The zero-order chi connectivity index (χ0) is 13.9. The van der Waals surface area contributed by atoms with Gasteiger partial charge in [-0.2, -0.15) is 5.10 Å². The Hall–Kier alpha value is -2.47. The highest BCUT2D eigenvalue weighted by Crippen LogP contribution is 2.20. The summed E-state index contributed by atoms with van der Waals surface area (Å²) in [4.78, 5) is 16.2. The number of carbonyl (C=O) groups is 1. The van der Waals surface area contributed by atoms with Gasteiger partial charge in [-0.3, -0.25) is 4.79 Å². The molecule has 1 fully saturated rings. The average Bonchev–Trinajstić information content (AvgIpc) is 2.91. The molecule has 1 aromatic carbocycles. The van der Waals surface area contributed by atoms with Crippen molar-refractivity contribution in [3.05, 3.63) is 48.1 Å². The molecule has 0 atom stereocenters. The third-order valence-corrected chi connectivity index (χ3v) is 3.37. The number of carbonyl (C=O) groups excluding carboxylic acids is 1. The van der Waals surface area contributed by atoms with Crippen molar-refractivity contribution < 1.29 is 4.79 Å². The van der Waals surface area contributed by atoms with E-state index in [2.05, 4.69) is 20.7 Å². The minimum atomic E-state index is -0.0749. The first-order valence-electron chi connectivity index (χ1n) is 6.40. The summed E-state index contributed by atoms with van der Waals surface area (Å²) < 4.78 is 1.63. The molecular formula is C14H15N5O. The van der Waals surface area contributed by atoms with Crippen LogP contribution in [0.5, 0.6) is 0 Å². The van der Waals surface area contributed by atoms with Crippen LogP contribution in [0.3, 0.4) is 0 Å². The van der Waals surface area contributed by atoms with Gasteiger partial charge in [0.25, 0.3) is 5.91 Å². The number of benzene rings is 1. The van der Waals surface area contributed by atoms with Gasteiger partial charge in [0.2, 0.25) is 0 Å². The van der Waals surface area contributed by atoms with Crippen molar-refractivity contribution in [2.75, 3.05) is 18.4 Å². The predicted octanol–water partition coefficient (Wildman–Crippen LogP) is 1.13. The smallest absolute Gasteiger partial charge is 0.251 e. The van der Waals surface area contributed by atoms with E-state index in [1.807, 2.05) is 31.2 Å². The SMILES string of the molecule is CC(C(=O)Nc1ccccc1-n1cncn1)=C1CNC1. The van der Waals surface area contributed by atoms with E-state index in [1.165, 1.54) is 6.33 Å². The Bertz CT molecular complexity index is 654. The number of amides is 1. The lowest BCUT2D eigenvalue weighted by molar-refractivity contribution is -0.112. The number of nitrogens with one attached hydrogen (secondary N) is 2. The molecule has 1 aromatic heterocycles. The summed E-state index contributed by atoms with van der Waals surface area (Å²) in [7, 11) is 0. The minimum absolute atomic E-state index is 0.0749. The van der Waals surface area contributed by atoms with Gasteiger partial charge in [0, 0.05) is 18.7 Å². The molecule has 6 heteroatoms. The van der Waals surface area contributed by atoms with Crippen molar-refractivity contribution in [1.82, 2.24) is 20.1 Å². The number of hydrogen-bond acceptors (Lipinski definition) is 4. The van der Waals surface area contributed by atoms with Crippen LogP contribution in [0.15, 0.2) is 48.1 Å². The zero-order valence-electron chi connectivity index (χ0n) is 11.1. The summed E-state index contributed by atoms with van der Waals surface area (Å²) in [6.45, 7) is 3.44. The fraction of sp³-hybridized carbons (Fsp3) is 0.214. The van der Waals surface area contributed by atoms with Gasteiger partial charge in [0.15, 0.2) is 0 Å². The quantitative estimate of drug-likeness (QED) is 0.819. The summed E-state index contributed by atoms with van der Waals surface area (Å²) in [5.74, 6) is -0.0749. The molecule has 20 heavy (non-hydrogen) atoms. The standard InChI is InChI=1S/C14H15N5O/c1-10(11-6-15-7-11)14(20)18-12-4-2-3-5-13(12)19-9-16-8-17-19/h2-5,8-9,15H,6-7H2,1H3,(H,18,20). The lowest BCUT2D eigenvalue weighted by Gasteiger charge is -2.21. The van der Waals surface area contributed by atoms with Gasteiger partial charge in [-0.1, -0.05) is 12.1 Å². The number of anilines is 1. The molecule has 1 aliphatic rings. The lowest BCUT2D eigenvalue weighted by atomic mass is 10.0. The molecule has 0 bridgehead atoms. The van der Waals surface area contributed by atoms with Crippen molar-refractivity contribution in [2.24, 2.45) is 0 Å². The summed E-state index contributed by atoms with van der Waals surface area (Å²) >= 11 is 0. The Morgan fingerprint density at radius 3 is 2.80 bits per heavy atom. The number of rotatable bonds is 3. The van der Waals surface area contributed by atoms with Crippen LogP contribution < -0.4 is 10.6 Å². The van der Waals surface area contributed by atoms with Gasteiger partial charge in [0.05, 0.1) is 11.4 Å². The molecule has 2 N–H and O–H groups in total. The van der Waals surface area contributed by atoms with Crippen LogP contribution >= 0.6 is 0 Å². The Balaban J connectivity index is 1.86. The maximum Gasteiger partial charge on any atom is 0.251 e. The van der Waals surface area contributed by atoms with Gasteiger partial charge in [-0.05, 0) is 24.6 Å². The second-order valence-electron chi connectivity index (χ2n) is 4.64. The third kappa shape index (κ3) is 2.33. The van der Waals surface area contributed by atoms with Crippen LogP contribution in [0.4, 0.5) is 5.69 Å². The van der Waals surface area contributed by atoms with E-state index in [-0.39, 0.29) is 5.91 Å². The monoisotopic (exact) mass is 269 g/mol. The topological polar surface area (TPSA) is 71.8 Å². The largest absolute Gasteiger partial charge is 0.320 e. The van der Waals surface area contributed by atoms with E-state index >= 15 is 0 Å². The molecular weight excluding hydrogens is 254 g/mol. The highest BCUT2D eigenvalue weighted by atomic mass is 16.1. The first-order chi connectivity index (χ1) is 9.75. The van der Waals surface area contributed by atoms with Crippen LogP contribution in [0, 0.1) is 0 Å². The van der Waals surface area contributed by atoms with E-state index in [1.54, 1.807) is 11.0 Å². The van der Waals surface area contributed by atoms with E-state index in [0.717, 1.165) is 35.6 Å².